The number of para-hydroxylation sites is 1. The number of ether oxygens (including phenoxy) is 2. The van der Waals surface area contributed by atoms with E-state index in [4.69, 9.17) is 26.1 Å². The van der Waals surface area contributed by atoms with Crippen molar-refractivity contribution in [1.29, 1.82) is 5.26 Å². The van der Waals surface area contributed by atoms with E-state index in [9.17, 15) is 14.4 Å². The summed E-state index contributed by atoms with van der Waals surface area (Å²) in [6, 6.07) is 15.2. The Morgan fingerprint density at radius 2 is 1.98 bits per heavy atom. The molecule has 0 unspecified atom stereocenters. The zero-order valence-electron chi connectivity index (χ0n) is 26.6. The number of pyridine rings is 1. The fraction of sp³-hybridized carbons (Fsp3) is 0.417. The number of piperidine rings is 1. The molecule has 0 spiro atoms. The van der Waals surface area contributed by atoms with Crippen molar-refractivity contribution in [3.63, 3.8) is 0 Å². The molecule has 2 N–H and O–H groups in total. The predicted octanol–water partition coefficient (Wildman–Crippen LogP) is 6.42. The first kappa shape index (κ1) is 30.8. The average molecular weight is 668 g/mol. The molecule has 12 heteroatoms. The molecule has 3 fully saturated rings. The number of carbonyl (C=O) groups excluding carboxylic acids is 1. The smallest absolute Gasteiger partial charge is 0.288 e. The van der Waals surface area contributed by atoms with Crippen molar-refractivity contribution in [3.8, 4) is 29.0 Å². The molecule has 246 valence electrons. The summed E-state index contributed by atoms with van der Waals surface area (Å²) >= 11 is 5.99. The lowest BCUT2D eigenvalue weighted by Gasteiger charge is -2.33. The van der Waals surface area contributed by atoms with Crippen LogP contribution in [0.25, 0.3) is 11.4 Å². The van der Waals surface area contributed by atoms with E-state index in [1.54, 1.807) is 25.3 Å². The number of aromatic nitrogens is 4. The molecule has 10 nitrogen and oxygen atoms in total. The Kier molecular flexibility index (Phi) is 7.61. The molecule has 2 aromatic carbocycles. The van der Waals surface area contributed by atoms with Crippen LogP contribution in [0.3, 0.4) is 0 Å². The number of rotatable bonds is 9. The Balaban J connectivity index is 0.967. The van der Waals surface area contributed by atoms with E-state index >= 15 is 0 Å². The Bertz CT molecular complexity index is 1940. The summed E-state index contributed by atoms with van der Waals surface area (Å²) in [5.74, 6) is 0.0951. The van der Waals surface area contributed by atoms with Crippen LogP contribution in [-0.2, 0) is 18.8 Å². The molecular weight excluding hydrogens is 633 g/mol. The number of nitrogens with zero attached hydrogens (tertiary/aromatic N) is 5. The lowest BCUT2D eigenvalue weighted by molar-refractivity contribution is -0.0712. The molecule has 2 aliphatic carbocycles. The van der Waals surface area contributed by atoms with Gasteiger partial charge in [-0.2, -0.15) is 10.4 Å². The lowest BCUT2D eigenvalue weighted by Crippen LogP contribution is -2.34. The lowest BCUT2D eigenvalue weighted by atomic mass is 9.88. The van der Waals surface area contributed by atoms with E-state index in [0.29, 0.717) is 46.4 Å². The fourth-order valence-corrected chi connectivity index (χ4v) is 6.98. The van der Waals surface area contributed by atoms with Gasteiger partial charge in [0.1, 0.15) is 5.82 Å². The molecule has 4 aromatic rings. The van der Waals surface area contributed by atoms with E-state index in [1.165, 1.54) is 6.07 Å². The van der Waals surface area contributed by atoms with Gasteiger partial charge in [0.15, 0.2) is 17.3 Å². The zero-order valence-corrected chi connectivity index (χ0v) is 27.3. The van der Waals surface area contributed by atoms with Gasteiger partial charge in [-0.3, -0.25) is 19.8 Å². The third-order valence-corrected chi connectivity index (χ3v) is 10.2. The quantitative estimate of drug-likeness (QED) is 0.209. The third-order valence-electron chi connectivity index (χ3n) is 9.98. The van der Waals surface area contributed by atoms with Gasteiger partial charge >= 0.3 is 0 Å². The first-order chi connectivity index (χ1) is 23.2. The van der Waals surface area contributed by atoms with Crippen molar-refractivity contribution in [2.45, 2.75) is 76.2 Å². The van der Waals surface area contributed by atoms with E-state index in [0.717, 1.165) is 68.4 Å². The van der Waals surface area contributed by atoms with Crippen molar-refractivity contribution < 1.29 is 18.7 Å². The maximum Gasteiger partial charge on any atom is 0.288 e. The van der Waals surface area contributed by atoms with E-state index in [2.05, 4.69) is 37.5 Å². The van der Waals surface area contributed by atoms with E-state index in [-0.39, 0.29) is 29.1 Å². The van der Waals surface area contributed by atoms with Gasteiger partial charge in [0.25, 0.3) is 11.7 Å². The van der Waals surface area contributed by atoms with Gasteiger partial charge < -0.3 is 14.8 Å². The average Bonchev–Trinajstić information content (AvgIpc) is 3.97. The van der Waals surface area contributed by atoms with Crippen LogP contribution in [0.2, 0.25) is 5.02 Å². The van der Waals surface area contributed by atoms with E-state index in [1.807, 2.05) is 18.2 Å². The van der Waals surface area contributed by atoms with Crippen LogP contribution in [0, 0.1) is 22.6 Å². The molecule has 2 aliphatic heterocycles. The monoisotopic (exact) mass is 667 g/mol. The third kappa shape index (κ3) is 5.99. The number of nitrogens with one attached hydrogen (secondary N) is 2. The van der Waals surface area contributed by atoms with Gasteiger partial charge in [0.05, 0.1) is 22.7 Å². The topological polar surface area (TPSA) is 129 Å². The Hall–Kier alpha value is -4.53. The SMILES string of the molecule is C[C@]1(c2ccc(Cl)cc2F)Oc2cccc(C3CCN(Cc4ncc(-c5n[nH]c(C(=O)NC6CC6)n5)cc4CC4(C#N)CC4)CC3)c2O1. The van der Waals surface area contributed by atoms with Crippen LogP contribution in [0.15, 0.2) is 48.7 Å². The van der Waals surface area contributed by atoms with Crippen LogP contribution < -0.4 is 14.8 Å². The number of benzene rings is 2. The summed E-state index contributed by atoms with van der Waals surface area (Å²) in [4.78, 5) is 24.2. The minimum absolute atomic E-state index is 0.184. The van der Waals surface area contributed by atoms with Gasteiger partial charge in [0.2, 0.25) is 5.82 Å². The van der Waals surface area contributed by atoms with Crippen LogP contribution in [0.4, 0.5) is 4.39 Å². The Morgan fingerprint density at radius 1 is 1.17 bits per heavy atom. The molecular formula is C36H35ClFN7O3. The van der Waals surface area contributed by atoms with Gasteiger partial charge in [-0.15, -0.1) is 0 Å². The number of hydrogen-bond acceptors (Lipinski definition) is 8. The molecule has 4 heterocycles. The molecule has 0 bridgehead atoms. The molecule has 1 amide bonds. The van der Waals surface area contributed by atoms with Crippen molar-refractivity contribution in [1.82, 2.24) is 30.4 Å². The highest BCUT2D eigenvalue weighted by Crippen LogP contribution is 2.50. The van der Waals surface area contributed by atoms with Crippen LogP contribution in [0.5, 0.6) is 11.5 Å². The van der Waals surface area contributed by atoms with Crippen molar-refractivity contribution in [2.75, 3.05) is 13.1 Å². The van der Waals surface area contributed by atoms with Crippen molar-refractivity contribution >= 4 is 17.5 Å². The number of halogens is 2. The number of aromatic amines is 1. The second-order valence-electron chi connectivity index (χ2n) is 13.7. The number of fused-ring (bicyclic) bond motifs is 1. The van der Waals surface area contributed by atoms with Crippen molar-refractivity contribution in [3.05, 3.63) is 87.7 Å². The summed E-state index contributed by atoms with van der Waals surface area (Å²) in [6.45, 7) is 4.09. The number of amides is 1. The number of carbonyl (C=O) groups is 1. The Morgan fingerprint density at radius 3 is 2.71 bits per heavy atom. The molecule has 4 aliphatic rings. The van der Waals surface area contributed by atoms with E-state index < -0.39 is 11.6 Å². The zero-order chi connectivity index (χ0) is 33.0. The van der Waals surface area contributed by atoms with Gasteiger partial charge in [0, 0.05) is 41.9 Å². The highest BCUT2D eigenvalue weighted by molar-refractivity contribution is 6.30. The fourth-order valence-electron chi connectivity index (χ4n) is 6.82. The first-order valence-electron chi connectivity index (χ1n) is 16.5. The summed E-state index contributed by atoms with van der Waals surface area (Å²) in [5, 5.41) is 20.2. The van der Waals surface area contributed by atoms with Gasteiger partial charge in [-0.1, -0.05) is 23.7 Å². The molecule has 0 radical (unpaired) electrons. The summed E-state index contributed by atoms with van der Waals surface area (Å²) in [5.41, 5.74) is 3.69. The number of nitriles is 1. The van der Waals surface area contributed by atoms with Crippen LogP contribution in [-0.4, -0.2) is 50.1 Å². The maximum absolute atomic E-state index is 14.9. The maximum atomic E-state index is 14.9. The highest BCUT2D eigenvalue weighted by atomic mass is 35.5. The summed E-state index contributed by atoms with van der Waals surface area (Å²) in [7, 11) is 0. The van der Waals surface area contributed by atoms with Crippen LogP contribution >= 0.6 is 11.6 Å². The minimum atomic E-state index is -1.29. The molecule has 48 heavy (non-hydrogen) atoms. The molecule has 2 aromatic heterocycles. The second kappa shape index (κ2) is 11.9. The highest BCUT2D eigenvalue weighted by Gasteiger charge is 2.44. The number of likely N-dealkylation sites (tertiary alicyclic amines) is 1. The normalized spacial score (nSPS) is 21.5. The predicted molar refractivity (Wildman–Crippen MR) is 175 cm³/mol. The standard InChI is InChI=1S/C36H35ClFN7O3/c1-35(27-8-5-24(37)16-28(27)38)47-30-4-2-3-26(31(30)48-35)21-9-13-45(14-10-21)19-29-22(17-36(20-39)11-12-36)15-23(18-40-29)32-42-33(44-43-32)34(46)41-25-6-7-25/h2-5,8,15-16,18,21,25H,6-7,9-14,17,19H2,1H3,(H,41,46)(H,42,43,44)/t35-/m0/s1. The molecule has 8 rings (SSSR count). The van der Waals surface area contributed by atoms with Gasteiger partial charge in [-0.25, -0.2) is 9.37 Å². The van der Waals surface area contributed by atoms with Gasteiger partial charge in [-0.05, 0) is 99.8 Å². The number of hydrogen-bond donors (Lipinski definition) is 2. The molecule has 1 atom stereocenters. The Labute approximate surface area is 282 Å². The second-order valence-corrected chi connectivity index (χ2v) is 14.1. The van der Waals surface area contributed by atoms with Crippen molar-refractivity contribution in [2.24, 2.45) is 5.41 Å². The number of H-pyrrole nitrogens is 1. The molecule has 1 saturated heterocycles. The molecule has 2 saturated carbocycles. The first-order valence-corrected chi connectivity index (χ1v) is 16.9. The summed E-state index contributed by atoms with van der Waals surface area (Å²) in [6.07, 6.45) is 7.93. The summed E-state index contributed by atoms with van der Waals surface area (Å²) < 4.78 is 27.4. The van der Waals surface area contributed by atoms with Crippen LogP contribution in [0.1, 0.15) is 84.4 Å². The minimum Gasteiger partial charge on any atom is -0.444 e. The largest absolute Gasteiger partial charge is 0.444 e.